The molecule has 1 fully saturated rings. The van der Waals surface area contributed by atoms with Gasteiger partial charge in [-0.3, -0.25) is 4.79 Å². The molecule has 0 unspecified atom stereocenters. The molecule has 1 saturated carbocycles. The highest BCUT2D eigenvalue weighted by Crippen LogP contribution is 2.18. The molecule has 5 heteroatoms. The topological polar surface area (TPSA) is 66.9 Å². The zero-order chi connectivity index (χ0) is 16.1. The van der Waals surface area contributed by atoms with Gasteiger partial charge in [-0.05, 0) is 37.0 Å². The van der Waals surface area contributed by atoms with Crippen LogP contribution in [0, 0.1) is 0 Å². The molecule has 1 aromatic carbocycles. The highest BCUT2D eigenvalue weighted by Gasteiger charge is 2.18. The van der Waals surface area contributed by atoms with Crippen LogP contribution in [0.4, 0.5) is 11.6 Å². The van der Waals surface area contributed by atoms with Crippen LogP contribution in [0.3, 0.4) is 0 Å². The van der Waals surface area contributed by atoms with Crippen molar-refractivity contribution in [3.05, 3.63) is 47.8 Å². The van der Waals surface area contributed by atoms with Crippen LogP contribution in [0.25, 0.3) is 0 Å². The zero-order valence-electron chi connectivity index (χ0n) is 13.4. The monoisotopic (exact) mass is 310 g/mol. The van der Waals surface area contributed by atoms with Gasteiger partial charge in [0.2, 0.25) is 5.95 Å². The molecule has 1 amide bonds. The maximum Gasteiger partial charge on any atom is 0.254 e. The van der Waals surface area contributed by atoms with E-state index in [4.69, 9.17) is 0 Å². The Morgan fingerprint density at radius 1 is 1.13 bits per heavy atom. The maximum absolute atomic E-state index is 12.1. The van der Waals surface area contributed by atoms with E-state index in [1.807, 2.05) is 12.1 Å². The minimum Gasteiger partial charge on any atom is -0.349 e. The molecule has 1 aliphatic rings. The number of carbonyl (C=O) groups is 1. The van der Waals surface area contributed by atoms with Crippen molar-refractivity contribution in [2.75, 3.05) is 5.32 Å². The second-order valence-corrected chi connectivity index (χ2v) is 5.93. The summed E-state index contributed by atoms with van der Waals surface area (Å²) in [4.78, 5) is 20.6. The van der Waals surface area contributed by atoms with E-state index in [0.29, 0.717) is 17.6 Å². The summed E-state index contributed by atoms with van der Waals surface area (Å²) in [6, 6.07) is 8.46. The molecule has 2 N–H and O–H groups in total. The van der Waals surface area contributed by atoms with E-state index in [-0.39, 0.29) is 5.91 Å². The summed E-state index contributed by atoms with van der Waals surface area (Å²) in [5.41, 5.74) is 2.73. The number of aryl methyl sites for hydroxylation is 1. The van der Waals surface area contributed by atoms with Gasteiger partial charge in [0.25, 0.3) is 5.91 Å². The number of amides is 1. The summed E-state index contributed by atoms with van der Waals surface area (Å²) in [7, 11) is 0. The van der Waals surface area contributed by atoms with Crippen molar-refractivity contribution in [3.63, 3.8) is 0 Å². The molecular weight excluding hydrogens is 288 g/mol. The summed E-state index contributed by atoms with van der Waals surface area (Å²) in [6.07, 6.45) is 8.68. The first-order valence-corrected chi connectivity index (χ1v) is 8.23. The van der Waals surface area contributed by atoms with E-state index in [2.05, 4.69) is 39.7 Å². The van der Waals surface area contributed by atoms with Gasteiger partial charge in [0.15, 0.2) is 0 Å². The van der Waals surface area contributed by atoms with Crippen molar-refractivity contribution in [3.8, 4) is 0 Å². The quantitative estimate of drug-likeness (QED) is 0.887. The lowest BCUT2D eigenvalue weighted by molar-refractivity contribution is 0.0937. The van der Waals surface area contributed by atoms with E-state index in [1.54, 1.807) is 12.4 Å². The Bertz CT molecular complexity index is 646. The van der Waals surface area contributed by atoms with Gasteiger partial charge < -0.3 is 10.6 Å². The van der Waals surface area contributed by atoms with Gasteiger partial charge >= 0.3 is 0 Å². The second-order valence-electron chi connectivity index (χ2n) is 5.93. The molecule has 0 spiro atoms. The van der Waals surface area contributed by atoms with Crippen LogP contribution >= 0.6 is 0 Å². The molecule has 3 rings (SSSR count). The molecule has 5 nitrogen and oxygen atoms in total. The standard InChI is InChI=1S/C18H22N4O/c1-2-13-7-9-16(10-8-13)22-18-19-11-14(12-20-18)17(23)21-15-5-3-4-6-15/h7-12,15H,2-6H2,1H3,(H,21,23)(H,19,20,22). The van der Waals surface area contributed by atoms with E-state index in [9.17, 15) is 4.79 Å². The van der Waals surface area contributed by atoms with Gasteiger partial charge in [0, 0.05) is 24.1 Å². The summed E-state index contributed by atoms with van der Waals surface area (Å²) >= 11 is 0. The van der Waals surface area contributed by atoms with Gasteiger partial charge in [-0.1, -0.05) is 31.9 Å². The fourth-order valence-corrected chi connectivity index (χ4v) is 2.80. The lowest BCUT2D eigenvalue weighted by Gasteiger charge is -2.11. The Labute approximate surface area is 136 Å². The Morgan fingerprint density at radius 2 is 1.78 bits per heavy atom. The molecule has 1 aliphatic carbocycles. The number of nitrogens with zero attached hydrogens (tertiary/aromatic N) is 2. The van der Waals surface area contributed by atoms with Gasteiger partial charge in [-0.25, -0.2) is 9.97 Å². The third kappa shape index (κ3) is 4.06. The predicted octanol–water partition coefficient (Wildman–Crippen LogP) is 3.46. The Kier molecular flexibility index (Phi) is 4.86. The molecule has 0 aliphatic heterocycles. The predicted molar refractivity (Wildman–Crippen MR) is 90.9 cm³/mol. The number of rotatable bonds is 5. The molecule has 23 heavy (non-hydrogen) atoms. The largest absolute Gasteiger partial charge is 0.349 e. The number of nitrogens with one attached hydrogen (secondary N) is 2. The lowest BCUT2D eigenvalue weighted by Crippen LogP contribution is -2.32. The van der Waals surface area contributed by atoms with Gasteiger partial charge in [-0.2, -0.15) is 0 Å². The first-order valence-electron chi connectivity index (χ1n) is 8.23. The number of hydrogen-bond donors (Lipinski definition) is 2. The molecule has 0 saturated heterocycles. The molecule has 120 valence electrons. The maximum atomic E-state index is 12.1. The van der Waals surface area contributed by atoms with Gasteiger partial charge in [0.05, 0.1) is 5.56 Å². The minimum absolute atomic E-state index is 0.0873. The molecular formula is C18H22N4O. The Hall–Kier alpha value is -2.43. The number of aromatic nitrogens is 2. The van der Waals surface area contributed by atoms with Crippen molar-refractivity contribution in [1.29, 1.82) is 0 Å². The Balaban J connectivity index is 1.60. The van der Waals surface area contributed by atoms with E-state index >= 15 is 0 Å². The summed E-state index contributed by atoms with van der Waals surface area (Å²) in [6.45, 7) is 2.13. The number of hydrogen-bond acceptors (Lipinski definition) is 4. The molecule has 1 aromatic heterocycles. The number of carbonyl (C=O) groups excluding carboxylic acids is 1. The first-order chi connectivity index (χ1) is 11.2. The smallest absolute Gasteiger partial charge is 0.254 e. The van der Waals surface area contributed by atoms with Crippen molar-refractivity contribution < 1.29 is 4.79 Å². The van der Waals surface area contributed by atoms with Crippen molar-refractivity contribution in [2.24, 2.45) is 0 Å². The normalized spacial score (nSPS) is 14.7. The first kappa shape index (κ1) is 15.5. The molecule has 2 aromatic rings. The van der Waals surface area contributed by atoms with Crippen molar-refractivity contribution >= 4 is 17.5 Å². The summed E-state index contributed by atoms with van der Waals surface area (Å²) in [5.74, 6) is 0.405. The van der Waals surface area contributed by atoms with E-state index < -0.39 is 0 Å². The van der Waals surface area contributed by atoms with Crippen LogP contribution in [-0.4, -0.2) is 21.9 Å². The third-order valence-electron chi connectivity index (χ3n) is 4.22. The lowest BCUT2D eigenvalue weighted by atomic mass is 10.1. The van der Waals surface area contributed by atoms with Crippen LogP contribution in [0.1, 0.15) is 48.5 Å². The zero-order valence-corrected chi connectivity index (χ0v) is 13.4. The molecule has 0 radical (unpaired) electrons. The van der Waals surface area contributed by atoms with Crippen molar-refractivity contribution in [1.82, 2.24) is 15.3 Å². The van der Waals surface area contributed by atoms with E-state index in [1.165, 1.54) is 18.4 Å². The van der Waals surface area contributed by atoms with Gasteiger partial charge in [-0.15, -0.1) is 0 Å². The average Bonchev–Trinajstić information content (AvgIpc) is 3.09. The molecule has 0 atom stereocenters. The second kappa shape index (κ2) is 7.22. The van der Waals surface area contributed by atoms with Crippen LogP contribution in [0.2, 0.25) is 0 Å². The molecule has 0 bridgehead atoms. The SMILES string of the molecule is CCc1ccc(Nc2ncc(C(=O)NC3CCCC3)cn2)cc1. The number of anilines is 2. The van der Waals surface area contributed by atoms with Crippen LogP contribution in [-0.2, 0) is 6.42 Å². The van der Waals surface area contributed by atoms with Crippen LogP contribution in [0.15, 0.2) is 36.7 Å². The third-order valence-corrected chi connectivity index (χ3v) is 4.22. The summed E-state index contributed by atoms with van der Waals surface area (Å²) in [5, 5.41) is 6.18. The highest BCUT2D eigenvalue weighted by molar-refractivity contribution is 5.93. The number of benzene rings is 1. The molecule has 1 heterocycles. The van der Waals surface area contributed by atoms with Crippen molar-refractivity contribution in [2.45, 2.75) is 45.1 Å². The Morgan fingerprint density at radius 3 is 2.39 bits per heavy atom. The van der Waals surface area contributed by atoms with Crippen LogP contribution < -0.4 is 10.6 Å². The van der Waals surface area contributed by atoms with E-state index in [0.717, 1.165) is 24.9 Å². The van der Waals surface area contributed by atoms with Crippen LogP contribution in [0.5, 0.6) is 0 Å². The minimum atomic E-state index is -0.0873. The average molecular weight is 310 g/mol. The fraction of sp³-hybridized carbons (Fsp3) is 0.389. The van der Waals surface area contributed by atoms with Gasteiger partial charge in [0.1, 0.15) is 0 Å². The summed E-state index contributed by atoms with van der Waals surface area (Å²) < 4.78 is 0. The highest BCUT2D eigenvalue weighted by atomic mass is 16.1. The fourth-order valence-electron chi connectivity index (χ4n) is 2.80.